The molecule has 0 saturated heterocycles. The standard InChI is InChI=1S/C7H12O2/c1-5-2-7(9)3-6(5)4-8/h2,6-9H,3-4H2,1H3/t6-,7+/m1/s1. The summed E-state index contributed by atoms with van der Waals surface area (Å²) in [5.74, 6) is 0.208. The Kier molecular flexibility index (Phi) is 1.88. The highest BCUT2D eigenvalue weighted by atomic mass is 16.3. The first kappa shape index (κ1) is 6.78. The van der Waals surface area contributed by atoms with E-state index in [2.05, 4.69) is 0 Å². The molecule has 0 aromatic rings. The molecule has 0 heterocycles. The Balaban J connectivity index is 2.53. The summed E-state index contributed by atoms with van der Waals surface area (Å²) in [7, 11) is 0. The van der Waals surface area contributed by atoms with E-state index >= 15 is 0 Å². The number of aliphatic hydroxyl groups excluding tert-OH is 2. The van der Waals surface area contributed by atoms with Gasteiger partial charge >= 0.3 is 0 Å². The molecule has 0 unspecified atom stereocenters. The second-order valence-electron chi connectivity index (χ2n) is 2.59. The Morgan fingerprint density at radius 1 is 1.78 bits per heavy atom. The van der Waals surface area contributed by atoms with Gasteiger partial charge < -0.3 is 10.2 Å². The van der Waals surface area contributed by atoms with Gasteiger partial charge in [-0.25, -0.2) is 0 Å². The predicted molar refractivity (Wildman–Crippen MR) is 35.0 cm³/mol. The highest BCUT2D eigenvalue weighted by molar-refractivity contribution is 5.13. The zero-order valence-corrected chi connectivity index (χ0v) is 5.54. The zero-order chi connectivity index (χ0) is 6.85. The number of hydrogen-bond acceptors (Lipinski definition) is 2. The van der Waals surface area contributed by atoms with E-state index in [0.717, 1.165) is 5.57 Å². The van der Waals surface area contributed by atoms with Crippen molar-refractivity contribution in [2.45, 2.75) is 19.4 Å². The minimum Gasteiger partial charge on any atom is -0.396 e. The van der Waals surface area contributed by atoms with E-state index in [-0.39, 0.29) is 18.6 Å². The maximum Gasteiger partial charge on any atom is 0.0730 e. The van der Waals surface area contributed by atoms with Gasteiger partial charge in [0.2, 0.25) is 0 Å². The Morgan fingerprint density at radius 2 is 2.44 bits per heavy atom. The summed E-state index contributed by atoms with van der Waals surface area (Å²) in [5.41, 5.74) is 1.12. The molecule has 0 spiro atoms. The van der Waals surface area contributed by atoms with Crippen molar-refractivity contribution < 1.29 is 10.2 Å². The van der Waals surface area contributed by atoms with Crippen molar-refractivity contribution in [1.29, 1.82) is 0 Å². The molecule has 9 heavy (non-hydrogen) atoms. The van der Waals surface area contributed by atoms with Crippen LogP contribution < -0.4 is 0 Å². The minimum atomic E-state index is -0.317. The Morgan fingerprint density at radius 3 is 2.67 bits per heavy atom. The molecule has 2 heteroatoms. The average molecular weight is 128 g/mol. The van der Waals surface area contributed by atoms with Crippen LogP contribution in [0, 0.1) is 5.92 Å². The first-order chi connectivity index (χ1) is 4.24. The van der Waals surface area contributed by atoms with Crippen molar-refractivity contribution in [3.8, 4) is 0 Å². The third-order valence-corrected chi connectivity index (χ3v) is 1.85. The first-order valence-corrected chi connectivity index (χ1v) is 3.21. The van der Waals surface area contributed by atoms with Crippen molar-refractivity contribution in [2.75, 3.05) is 6.61 Å². The summed E-state index contributed by atoms with van der Waals surface area (Å²) in [6, 6.07) is 0. The van der Waals surface area contributed by atoms with E-state index in [9.17, 15) is 0 Å². The summed E-state index contributed by atoms with van der Waals surface area (Å²) in [6.45, 7) is 2.11. The number of hydrogen-bond donors (Lipinski definition) is 2. The van der Waals surface area contributed by atoms with Crippen molar-refractivity contribution >= 4 is 0 Å². The van der Waals surface area contributed by atoms with Gasteiger partial charge in [0.15, 0.2) is 0 Å². The molecule has 0 aromatic carbocycles. The van der Waals surface area contributed by atoms with Gasteiger partial charge in [-0.05, 0) is 13.3 Å². The van der Waals surface area contributed by atoms with Crippen LogP contribution in [-0.2, 0) is 0 Å². The Hall–Kier alpha value is -0.340. The second kappa shape index (κ2) is 2.50. The lowest BCUT2D eigenvalue weighted by Gasteiger charge is -2.05. The quantitative estimate of drug-likeness (QED) is 0.499. The number of rotatable bonds is 1. The average Bonchev–Trinajstić information content (AvgIpc) is 2.10. The van der Waals surface area contributed by atoms with Crippen LogP contribution in [0.2, 0.25) is 0 Å². The van der Waals surface area contributed by atoms with Gasteiger partial charge in [0.1, 0.15) is 0 Å². The maximum atomic E-state index is 9.01. The van der Waals surface area contributed by atoms with Gasteiger partial charge in [0.25, 0.3) is 0 Å². The molecule has 1 aliphatic rings. The highest BCUT2D eigenvalue weighted by Crippen LogP contribution is 2.24. The molecule has 0 saturated carbocycles. The summed E-state index contributed by atoms with van der Waals surface area (Å²) >= 11 is 0. The molecule has 0 aromatic heterocycles. The number of aliphatic hydroxyl groups is 2. The normalized spacial score (nSPS) is 34.8. The molecule has 52 valence electrons. The zero-order valence-electron chi connectivity index (χ0n) is 5.54. The smallest absolute Gasteiger partial charge is 0.0730 e. The third kappa shape index (κ3) is 1.32. The van der Waals surface area contributed by atoms with Crippen molar-refractivity contribution in [3.63, 3.8) is 0 Å². The molecular formula is C7H12O2. The van der Waals surface area contributed by atoms with Crippen LogP contribution in [0.4, 0.5) is 0 Å². The lowest BCUT2D eigenvalue weighted by molar-refractivity contribution is 0.179. The minimum absolute atomic E-state index is 0.166. The Labute approximate surface area is 54.8 Å². The SMILES string of the molecule is CC1=C[C@H](O)C[C@@H]1CO. The Bertz CT molecular complexity index is 129. The van der Waals surface area contributed by atoms with E-state index in [1.165, 1.54) is 0 Å². The lowest BCUT2D eigenvalue weighted by atomic mass is 10.0. The van der Waals surface area contributed by atoms with Crippen LogP contribution in [0.15, 0.2) is 11.6 Å². The van der Waals surface area contributed by atoms with Crippen LogP contribution in [0.3, 0.4) is 0 Å². The molecule has 2 N–H and O–H groups in total. The molecule has 1 rings (SSSR count). The summed E-state index contributed by atoms with van der Waals surface area (Å²) in [5, 5.41) is 17.7. The highest BCUT2D eigenvalue weighted by Gasteiger charge is 2.20. The van der Waals surface area contributed by atoms with E-state index in [4.69, 9.17) is 10.2 Å². The molecule has 2 atom stereocenters. The summed E-state index contributed by atoms with van der Waals surface area (Å²) in [6.07, 6.45) is 2.19. The molecule has 1 aliphatic carbocycles. The first-order valence-electron chi connectivity index (χ1n) is 3.21. The van der Waals surface area contributed by atoms with Gasteiger partial charge in [0.05, 0.1) is 6.10 Å². The van der Waals surface area contributed by atoms with Crippen LogP contribution in [-0.4, -0.2) is 22.9 Å². The van der Waals surface area contributed by atoms with Gasteiger partial charge in [-0.1, -0.05) is 11.6 Å². The molecule has 2 nitrogen and oxygen atoms in total. The van der Waals surface area contributed by atoms with Gasteiger partial charge in [0, 0.05) is 12.5 Å². The fourth-order valence-corrected chi connectivity index (χ4v) is 1.20. The van der Waals surface area contributed by atoms with Crippen LogP contribution >= 0.6 is 0 Å². The molecular weight excluding hydrogens is 116 g/mol. The van der Waals surface area contributed by atoms with Crippen LogP contribution in [0.1, 0.15) is 13.3 Å². The van der Waals surface area contributed by atoms with E-state index in [1.807, 2.05) is 6.92 Å². The van der Waals surface area contributed by atoms with E-state index in [1.54, 1.807) is 6.08 Å². The maximum absolute atomic E-state index is 9.01. The van der Waals surface area contributed by atoms with E-state index in [0.29, 0.717) is 6.42 Å². The summed E-state index contributed by atoms with van der Waals surface area (Å²) in [4.78, 5) is 0. The van der Waals surface area contributed by atoms with Gasteiger partial charge in [-0.3, -0.25) is 0 Å². The lowest BCUT2D eigenvalue weighted by Crippen LogP contribution is -2.06. The van der Waals surface area contributed by atoms with Crippen molar-refractivity contribution in [2.24, 2.45) is 5.92 Å². The molecule has 0 aliphatic heterocycles. The predicted octanol–water partition coefficient (Wildman–Crippen LogP) is 0.306. The molecule has 0 fully saturated rings. The molecule has 0 bridgehead atoms. The van der Waals surface area contributed by atoms with Crippen molar-refractivity contribution in [3.05, 3.63) is 11.6 Å². The van der Waals surface area contributed by atoms with Gasteiger partial charge in [-0.15, -0.1) is 0 Å². The van der Waals surface area contributed by atoms with Gasteiger partial charge in [-0.2, -0.15) is 0 Å². The topological polar surface area (TPSA) is 40.5 Å². The fourth-order valence-electron chi connectivity index (χ4n) is 1.20. The van der Waals surface area contributed by atoms with Crippen molar-refractivity contribution in [1.82, 2.24) is 0 Å². The molecule has 0 amide bonds. The van der Waals surface area contributed by atoms with Crippen LogP contribution in [0.5, 0.6) is 0 Å². The third-order valence-electron chi connectivity index (χ3n) is 1.85. The largest absolute Gasteiger partial charge is 0.396 e. The van der Waals surface area contributed by atoms with E-state index < -0.39 is 0 Å². The summed E-state index contributed by atoms with van der Waals surface area (Å²) < 4.78 is 0. The van der Waals surface area contributed by atoms with Crippen LogP contribution in [0.25, 0.3) is 0 Å². The molecule has 0 radical (unpaired) electrons. The monoisotopic (exact) mass is 128 g/mol. The second-order valence-corrected chi connectivity index (χ2v) is 2.59. The fraction of sp³-hybridized carbons (Fsp3) is 0.714.